The molecule has 1 radical (unpaired) electrons. The summed E-state index contributed by atoms with van der Waals surface area (Å²) < 4.78 is 8.81. The number of rotatable bonds is 6. The van der Waals surface area contributed by atoms with E-state index in [1.165, 1.54) is 10.8 Å². The van der Waals surface area contributed by atoms with Crippen LogP contribution < -0.4 is 16.0 Å². The van der Waals surface area contributed by atoms with E-state index in [9.17, 15) is 4.79 Å². The van der Waals surface area contributed by atoms with Gasteiger partial charge in [-0.25, -0.2) is 19.6 Å². The molecule has 2 N–H and O–H groups in total. The molecule has 0 amide bonds. The van der Waals surface area contributed by atoms with Gasteiger partial charge in [-0.2, -0.15) is 5.10 Å². The number of ether oxygens (including phenoxy) is 1. The maximum absolute atomic E-state index is 13.2. The largest absolute Gasteiger partial charge is 0.477 e. The Bertz CT molecular complexity index is 1270. The minimum Gasteiger partial charge on any atom is -0.477 e. The molecule has 0 aliphatic carbocycles. The topological polar surface area (TPSA) is 114 Å². The van der Waals surface area contributed by atoms with Gasteiger partial charge in [0.05, 0.1) is 29.7 Å². The van der Waals surface area contributed by atoms with Crippen molar-refractivity contribution in [2.75, 3.05) is 12.3 Å². The third-order valence-corrected chi connectivity index (χ3v) is 4.74. The molecule has 4 aromatic heterocycles. The van der Waals surface area contributed by atoms with Crippen molar-refractivity contribution in [2.45, 2.75) is 26.7 Å². The van der Waals surface area contributed by atoms with Crippen LogP contribution >= 0.6 is 0 Å². The number of hydrogen-bond acceptors (Lipinski definition) is 7. The van der Waals surface area contributed by atoms with Crippen LogP contribution in [0.25, 0.3) is 28.2 Å². The Balaban J connectivity index is 0.00000272. The predicted octanol–water partition coefficient (Wildman–Crippen LogP) is 2.13. The molecule has 0 bridgehead atoms. The fraction of sp³-hybridized carbons (Fsp3) is 0.286. The molecule has 155 valence electrons. The number of nitrogens with two attached hydrogens (primary N) is 1. The second kappa shape index (κ2) is 10.0. The van der Waals surface area contributed by atoms with Crippen molar-refractivity contribution < 1.29 is 4.74 Å². The van der Waals surface area contributed by atoms with Gasteiger partial charge in [-0.15, -0.1) is 0 Å². The zero-order chi connectivity index (χ0) is 21.3. The third-order valence-electron chi connectivity index (χ3n) is 4.74. The van der Waals surface area contributed by atoms with Crippen LogP contribution in [0.1, 0.15) is 26.0 Å². The van der Waals surface area contributed by atoms with E-state index in [1.807, 2.05) is 25.1 Å². The fourth-order valence-electron chi connectivity index (χ4n) is 3.39. The summed E-state index contributed by atoms with van der Waals surface area (Å²) in [5, 5.41) is 4.56. The van der Waals surface area contributed by atoms with Gasteiger partial charge >= 0.3 is 0 Å². The van der Waals surface area contributed by atoms with Gasteiger partial charge in [-0.3, -0.25) is 9.36 Å². The first-order chi connectivity index (χ1) is 14.5. The van der Waals surface area contributed by atoms with Crippen LogP contribution in [0.3, 0.4) is 0 Å². The summed E-state index contributed by atoms with van der Waals surface area (Å²) in [5.41, 5.74) is 8.40. The summed E-state index contributed by atoms with van der Waals surface area (Å²) in [6.45, 7) is 4.37. The molecule has 4 heterocycles. The number of anilines is 1. The molecule has 0 aliphatic rings. The maximum atomic E-state index is 13.2. The summed E-state index contributed by atoms with van der Waals surface area (Å²) >= 11 is 0. The van der Waals surface area contributed by atoms with E-state index in [0.717, 1.165) is 12.1 Å². The van der Waals surface area contributed by atoms with Gasteiger partial charge in [0.2, 0.25) is 5.88 Å². The number of aryl methyl sites for hydroxylation is 1. The molecule has 0 saturated heterocycles. The van der Waals surface area contributed by atoms with Gasteiger partial charge in [0, 0.05) is 64.6 Å². The van der Waals surface area contributed by atoms with Crippen LogP contribution in [0.2, 0.25) is 0 Å². The molecule has 0 aromatic carbocycles. The molecule has 0 fully saturated rings. The summed E-state index contributed by atoms with van der Waals surface area (Å²) in [6.07, 6.45) is 4.78. The zero-order valence-corrected chi connectivity index (χ0v) is 21.3. The van der Waals surface area contributed by atoms with Crippen molar-refractivity contribution in [2.24, 2.45) is 7.05 Å². The van der Waals surface area contributed by atoms with Crippen molar-refractivity contribution in [1.82, 2.24) is 29.3 Å². The Labute approximate surface area is 222 Å². The number of fused-ring (bicyclic) bond motifs is 1. The van der Waals surface area contributed by atoms with Gasteiger partial charge in [-0.1, -0.05) is 19.4 Å². The average molecular weight is 445 g/mol. The Morgan fingerprint density at radius 1 is 1.16 bits per heavy atom. The molecular formula is C21H23KN7O2. The van der Waals surface area contributed by atoms with Gasteiger partial charge in [-0.05, 0) is 31.5 Å². The predicted molar refractivity (Wildman–Crippen MR) is 120 cm³/mol. The van der Waals surface area contributed by atoms with Gasteiger partial charge in [0.1, 0.15) is 11.3 Å². The standard InChI is InChI=1S/C21H23N7O2.K/c1-4-8-15-17-18(26-28(15)16-9-6-7-10-23-16)21(29)27(3)19(25-17)14-11-13(22)12-24-20(14)30-5-2;/h6-7,9-12H,4-5,8,22H2,1-3H3;. The Morgan fingerprint density at radius 2 is 1.97 bits per heavy atom. The van der Waals surface area contributed by atoms with Crippen molar-refractivity contribution >= 4 is 68.1 Å². The van der Waals surface area contributed by atoms with Crippen molar-refractivity contribution in [3.8, 4) is 23.1 Å². The van der Waals surface area contributed by atoms with Gasteiger partial charge in [0.25, 0.3) is 5.56 Å². The van der Waals surface area contributed by atoms with E-state index in [0.29, 0.717) is 52.8 Å². The molecule has 31 heavy (non-hydrogen) atoms. The Kier molecular flexibility index (Phi) is 7.60. The molecule has 0 atom stereocenters. The van der Waals surface area contributed by atoms with Crippen LogP contribution in [0, 0.1) is 0 Å². The molecule has 0 saturated carbocycles. The fourth-order valence-corrected chi connectivity index (χ4v) is 3.39. The van der Waals surface area contributed by atoms with Gasteiger partial charge < -0.3 is 10.5 Å². The minimum absolute atomic E-state index is 0. The van der Waals surface area contributed by atoms with Crippen molar-refractivity contribution in [3.63, 3.8) is 0 Å². The smallest absolute Gasteiger partial charge is 0.281 e. The monoisotopic (exact) mass is 444 g/mol. The summed E-state index contributed by atoms with van der Waals surface area (Å²) in [5.74, 6) is 1.44. The van der Waals surface area contributed by atoms with Gasteiger partial charge in [0.15, 0.2) is 11.3 Å². The molecule has 4 aromatic rings. The van der Waals surface area contributed by atoms with E-state index in [4.69, 9.17) is 15.5 Å². The first-order valence-electron chi connectivity index (χ1n) is 9.83. The molecular weight excluding hydrogens is 421 g/mol. The first kappa shape index (κ1) is 23.5. The Morgan fingerprint density at radius 3 is 2.65 bits per heavy atom. The molecule has 9 nitrogen and oxygen atoms in total. The molecule has 10 heteroatoms. The first-order valence-corrected chi connectivity index (χ1v) is 9.83. The number of nitrogens with zero attached hydrogens (tertiary/aromatic N) is 6. The quantitative estimate of drug-likeness (QED) is 0.453. The zero-order valence-electron chi connectivity index (χ0n) is 18.2. The second-order valence-corrected chi connectivity index (χ2v) is 6.85. The van der Waals surface area contributed by atoms with Crippen LogP contribution in [0.15, 0.2) is 41.5 Å². The molecule has 0 unspecified atom stereocenters. The minimum atomic E-state index is -0.257. The van der Waals surface area contributed by atoms with E-state index >= 15 is 0 Å². The average Bonchev–Trinajstić information content (AvgIpc) is 3.12. The number of nitrogen functional groups attached to an aromatic ring is 1. The Hall–Kier alpha value is -2.11. The van der Waals surface area contributed by atoms with Crippen molar-refractivity contribution in [3.05, 3.63) is 52.7 Å². The van der Waals surface area contributed by atoms with E-state index in [1.54, 1.807) is 24.0 Å². The number of aromatic nitrogens is 6. The summed E-state index contributed by atoms with van der Waals surface area (Å²) in [6, 6.07) is 7.29. The second-order valence-electron chi connectivity index (χ2n) is 6.85. The van der Waals surface area contributed by atoms with E-state index < -0.39 is 0 Å². The summed E-state index contributed by atoms with van der Waals surface area (Å²) in [4.78, 5) is 26.7. The SMILES string of the molecule is CCCc1c2nc(-c3cc(N)cnc3OCC)n(C)c(=O)c2nn1-c1ccccn1.[K]. The van der Waals surface area contributed by atoms with Crippen LogP contribution in [-0.2, 0) is 13.5 Å². The molecule has 0 aliphatic heterocycles. The van der Waals surface area contributed by atoms with Crippen molar-refractivity contribution in [1.29, 1.82) is 0 Å². The van der Waals surface area contributed by atoms with E-state index in [-0.39, 0.29) is 56.9 Å². The van der Waals surface area contributed by atoms with Crippen LogP contribution in [-0.4, -0.2) is 87.3 Å². The van der Waals surface area contributed by atoms with E-state index in [2.05, 4.69) is 22.0 Å². The third kappa shape index (κ3) is 4.44. The normalized spacial score (nSPS) is 10.8. The molecule has 4 rings (SSSR count). The molecule has 0 spiro atoms. The summed E-state index contributed by atoms with van der Waals surface area (Å²) in [7, 11) is 1.66. The van der Waals surface area contributed by atoms with Crippen LogP contribution in [0.5, 0.6) is 5.88 Å². The maximum Gasteiger partial charge on any atom is 0.281 e. The number of hydrogen-bond donors (Lipinski definition) is 1. The van der Waals surface area contributed by atoms with Crippen LogP contribution in [0.4, 0.5) is 5.69 Å². The number of pyridine rings is 2.